The molecule has 2 aromatic carbocycles. The molecule has 0 saturated carbocycles. The third-order valence-corrected chi connectivity index (χ3v) is 4.28. The van der Waals surface area contributed by atoms with E-state index >= 15 is 0 Å². The molecule has 0 N–H and O–H groups in total. The van der Waals surface area contributed by atoms with Crippen molar-refractivity contribution in [1.29, 1.82) is 0 Å². The summed E-state index contributed by atoms with van der Waals surface area (Å²) < 4.78 is 6.05. The number of benzene rings is 2. The van der Waals surface area contributed by atoms with Crippen molar-refractivity contribution in [3.05, 3.63) is 46.0 Å². The Bertz CT molecular complexity index is 775. The number of hydrogen-bond donors (Lipinski definition) is 0. The second-order valence-corrected chi connectivity index (χ2v) is 5.30. The summed E-state index contributed by atoms with van der Waals surface area (Å²) in [5.41, 5.74) is 8.62. The molecule has 0 radical (unpaired) electrons. The number of fused-ring (bicyclic) bond motifs is 3. The molecule has 0 amide bonds. The maximum absolute atomic E-state index is 6.05. The topological polar surface area (TPSA) is 13.1 Å². The third-order valence-electron chi connectivity index (χ3n) is 4.28. The van der Waals surface area contributed by atoms with Gasteiger partial charge in [0.15, 0.2) is 0 Å². The van der Waals surface area contributed by atoms with Crippen LogP contribution in [0.4, 0.5) is 0 Å². The van der Waals surface area contributed by atoms with Gasteiger partial charge in [0.2, 0.25) is 0 Å². The average molecular weight is 238 g/mol. The van der Waals surface area contributed by atoms with E-state index < -0.39 is 0 Å². The molecule has 1 heteroatoms. The zero-order valence-corrected chi connectivity index (χ0v) is 11.6. The number of rotatable bonds is 0. The Balaban J connectivity index is 2.62. The molecule has 0 bridgehead atoms. The monoisotopic (exact) mass is 238 g/mol. The van der Waals surface area contributed by atoms with E-state index in [1.54, 1.807) is 0 Å². The maximum atomic E-state index is 6.05. The van der Waals surface area contributed by atoms with Gasteiger partial charge in [-0.2, -0.15) is 0 Å². The second kappa shape index (κ2) is 3.61. The SMILES string of the molecule is Cc1cc2c(oc3ccc(C)c(C)c32)c(C)c1C. The first-order valence-electron chi connectivity index (χ1n) is 6.40. The van der Waals surface area contributed by atoms with Crippen molar-refractivity contribution in [2.75, 3.05) is 0 Å². The number of aryl methyl sites for hydroxylation is 4. The van der Waals surface area contributed by atoms with Crippen molar-refractivity contribution in [2.24, 2.45) is 0 Å². The van der Waals surface area contributed by atoms with Gasteiger partial charge in [-0.1, -0.05) is 6.07 Å². The van der Waals surface area contributed by atoms with Crippen LogP contribution in [-0.2, 0) is 0 Å². The van der Waals surface area contributed by atoms with E-state index in [1.165, 1.54) is 38.6 Å². The lowest BCUT2D eigenvalue weighted by atomic mass is 9.97. The Morgan fingerprint density at radius 1 is 0.778 bits per heavy atom. The van der Waals surface area contributed by atoms with Gasteiger partial charge in [-0.15, -0.1) is 0 Å². The molecule has 3 rings (SSSR count). The van der Waals surface area contributed by atoms with Crippen LogP contribution in [0, 0.1) is 34.6 Å². The Hall–Kier alpha value is -1.76. The van der Waals surface area contributed by atoms with Crippen LogP contribution >= 0.6 is 0 Å². The molecule has 92 valence electrons. The Morgan fingerprint density at radius 2 is 1.50 bits per heavy atom. The second-order valence-electron chi connectivity index (χ2n) is 5.30. The molecule has 0 saturated heterocycles. The molecule has 18 heavy (non-hydrogen) atoms. The summed E-state index contributed by atoms with van der Waals surface area (Å²) in [6, 6.07) is 6.48. The van der Waals surface area contributed by atoms with Crippen molar-refractivity contribution in [3.8, 4) is 0 Å². The minimum atomic E-state index is 1.00. The maximum Gasteiger partial charge on any atom is 0.138 e. The normalized spacial score (nSPS) is 11.6. The van der Waals surface area contributed by atoms with Crippen LogP contribution in [0.1, 0.15) is 27.8 Å². The zero-order chi connectivity index (χ0) is 13.0. The van der Waals surface area contributed by atoms with E-state index in [2.05, 4.69) is 52.8 Å². The van der Waals surface area contributed by atoms with Crippen molar-refractivity contribution in [2.45, 2.75) is 34.6 Å². The van der Waals surface area contributed by atoms with Gasteiger partial charge in [-0.05, 0) is 74.6 Å². The summed E-state index contributed by atoms with van der Waals surface area (Å²) in [5.74, 6) is 0. The van der Waals surface area contributed by atoms with Gasteiger partial charge in [0.05, 0.1) is 0 Å². The number of furan rings is 1. The van der Waals surface area contributed by atoms with E-state index in [1.807, 2.05) is 0 Å². The number of hydrogen-bond acceptors (Lipinski definition) is 1. The Kier molecular flexibility index (Phi) is 2.28. The van der Waals surface area contributed by atoms with Crippen LogP contribution < -0.4 is 0 Å². The van der Waals surface area contributed by atoms with Crippen molar-refractivity contribution < 1.29 is 4.42 Å². The van der Waals surface area contributed by atoms with Gasteiger partial charge in [0.1, 0.15) is 11.2 Å². The van der Waals surface area contributed by atoms with E-state index in [4.69, 9.17) is 4.42 Å². The van der Waals surface area contributed by atoms with Crippen molar-refractivity contribution in [1.82, 2.24) is 0 Å². The van der Waals surface area contributed by atoms with Gasteiger partial charge in [-0.3, -0.25) is 0 Å². The summed E-state index contributed by atoms with van der Waals surface area (Å²) >= 11 is 0. The molecule has 1 nitrogen and oxygen atoms in total. The summed E-state index contributed by atoms with van der Waals surface area (Å²) in [6.45, 7) is 10.8. The van der Waals surface area contributed by atoms with Gasteiger partial charge in [-0.25, -0.2) is 0 Å². The molecule has 0 atom stereocenters. The van der Waals surface area contributed by atoms with Crippen LogP contribution in [0.25, 0.3) is 21.9 Å². The molecule has 0 unspecified atom stereocenters. The highest BCUT2D eigenvalue weighted by molar-refractivity contribution is 6.08. The molecule has 0 fully saturated rings. The molecule has 0 aliphatic rings. The largest absolute Gasteiger partial charge is 0.456 e. The van der Waals surface area contributed by atoms with E-state index in [0.717, 1.165) is 11.2 Å². The Labute approximate surface area is 107 Å². The van der Waals surface area contributed by atoms with Crippen LogP contribution in [-0.4, -0.2) is 0 Å². The fourth-order valence-electron chi connectivity index (χ4n) is 2.70. The fraction of sp³-hybridized carbons (Fsp3) is 0.294. The zero-order valence-electron chi connectivity index (χ0n) is 11.6. The Morgan fingerprint density at radius 3 is 2.22 bits per heavy atom. The lowest BCUT2D eigenvalue weighted by molar-refractivity contribution is 0.665. The highest BCUT2D eigenvalue weighted by Crippen LogP contribution is 2.36. The standard InChI is InChI=1S/C17H18O/c1-9-6-7-15-16(12(9)4)14-8-10(2)11(3)13(5)17(14)18-15/h6-8H,1-5H3. The van der Waals surface area contributed by atoms with Gasteiger partial charge < -0.3 is 4.42 Å². The molecule has 0 aliphatic heterocycles. The molecule has 3 aromatic rings. The lowest BCUT2D eigenvalue weighted by Gasteiger charge is -2.05. The molecule has 1 aromatic heterocycles. The van der Waals surface area contributed by atoms with E-state index in [0.29, 0.717) is 0 Å². The van der Waals surface area contributed by atoms with E-state index in [-0.39, 0.29) is 0 Å². The molecule has 1 heterocycles. The van der Waals surface area contributed by atoms with Crippen molar-refractivity contribution in [3.63, 3.8) is 0 Å². The first kappa shape index (κ1) is 11.3. The smallest absolute Gasteiger partial charge is 0.138 e. The fourth-order valence-corrected chi connectivity index (χ4v) is 2.70. The summed E-state index contributed by atoms with van der Waals surface area (Å²) in [5, 5.41) is 2.53. The molecular formula is C17H18O. The lowest BCUT2D eigenvalue weighted by Crippen LogP contribution is -1.87. The third kappa shape index (κ3) is 1.34. The van der Waals surface area contributed by atoms with E-state index in [9.17, 15) is 0 Å². The van der Waals surface area contributed by atoms with Gasteiger partial charge in [0.25, 0.3) is 0 Å². The summed E-state index contributed by atoms with van der Waals surface area (Å²) in [7, 11) is 0. The summed E-state index contributed by atoms with van der Waals surface area (Å²) in [4.78, 5) is 0. The minimum absolute atomic E-state index is 1.00. The molecule has 0 aliphatic carbocycles. The average Bonchev–Trinajstić information content (AvgIpc) is 2.70. The first-order valence-corrected chi connectivity index (χ1v) is 6.40. The molecular weight excluding hydrogens is 220 g/mol. The van der Waals surface area contributed by atoms with Crippen LogP contribution in [0.3, 0.4) is 0 Å². The van der Waals surface area contributed by atoms with Crippen LogP contribution in [0.2, 0.25) is 0 Å². The van der Waals surface area contributed by atoms with Crippen LogP contribution in [0.5, 0.6) is 0 Å². The predicted octanol–water partition coefficient (Wildman–Crippen LogP) is 5.13. The predicted molar refractivity (Wildman–Crippen MR) is 77.4 cm³/mol. The summed E-state index contributed by atoms with van der Waals surface area (Å²) in [6.07, 6.45) is 0. The molecule has 0 spiro atoms. The highest BCUT2D eigenvalue weighted by atomic mass is 16.3. The van der Waals surface area contributed by atoms with Crippen molar-refractivity contribution >= 4 is 21.9 Å². The minimum Gasteiger partial charge on any atom is -0.456 e. The first-order chi connectivity index (χ1) is 8.50. The quantitative estimate of drug-likeness (QED) is 0.529. The van der Waals surface area contributed by atoms with Gasteiger partial charge >= 0.3 is 0 Å². The van der Waals surface area contributed by atoms with Crippen LogP contribution in [0.15, 0.2) is 22.6 Å². The highest BCUT2D eigenvalue weighted by Gasteiger charge is 2.14. The van der Waals surface area contributed by atoms with Gasteiger partial charge in [0, 0.05) is 10.8 Å².